The van der Waals surface area contributed by atoms with Crippen molar-refractivity contribution < 1.29 is 19.0 Å². The first-order valence-corrected chi connectivity index (χ1v) is 6.93. The maximum Gasteiger partial charge on any atom is 0.133 e. The second kappa shape index (κ2) is 5.74. The fraction of sp³-hybridized carbons (Fsp3) is 0.294. The van der Waals surface area contributed by atoms with E-state index < -0.39 is 0 Å². The van der Waals surface area contributed by atoms with Crippen LogP contribution in [-0.4, -0.2) is 12.2 Å². The maximum atomic E-state index is 13.8. The molecule has 2 aromatic rings. The molecule has 0 bridgehead atoms. The molecule has 0 heterocycles. The van der Waals surface area contributed by atoms with Gasteiger partial charge in [-0.1, -0.05) is 6.07 Å². The second-order valence-corrected chi connectivity index (χ2v) is 5.16. The lowest BCUT2D eigenvalue weighted by atomic mass is 10.1. The third-order valence-electron chi connectivity index (χ3n) is 3.82. The fourth-order valence-corrected chi connectivity index (χ4v) is 2.59. The van der Waals surface area contributed by atoms with Crippen molar-refractivity contribution in [1.82, 2.24) is 0 Å². The van der Waals surface area contributed by atoms with E-state index in [0.29, 0.717) is 17.1 Å². The first-order valence-electron chi connectivity index (χ1n) is 6.93. The molecule has 1 N–H and O–H groups in total. The zero-order chi connectivity index (χ0) is 14.8. The van der Waals surface area contributed by atoms with E-state index >= 15 is 0 Å². The zero-order valence-electron chi connectivity index (χ0n) is 11.8. The topological polar surface area (TPSA) is 38.7 Å². The Bertz CT molecular complexity index is 654. The minimum absolute atomic E-state index is 0.164. The van der Waals surface area contributed by atoms with Gasteiger partial charge >= 0.3 is 0 Å². The molecule has 0 spiro atoms. The van der Waals surface area contributed by atoms with Crippen LogP contribution < -0.4 is 9.47 Å². The average molecular weight is 288 g/mol. The predicted octanol–water partition coefficient (Wildman–Crippen LogP) is 3.39. The Hall–Kier alpha value is -2.07. The predicted molar refractivity (Wildman–Crippen MR) is 77.0 cm³/mol. The quantitative estimate of drug-likeness (QED) is 0.937. The van der Waals surface area contributed by atoms with Crippen LogP contribution in [0.5, 0.6) is 11.5 Å². The lowest BCUT2D eigenvalue weighted by Gasteiger charge is -2.10. The molecular formula is C17H17FO3. The van der Waals surface area contributed by atoms with E-state index in [2.05, 4.69) is 0 Å². The largest absolute Gasteiger partial charge is 0.497 e. The van der Waals surface area contributed by atoms with Crippen molar-refractivity contribution in [3.8, 4) is 11.5 Å². The van der Waals surface area contributed by atoms with Crippen LogP contribution in [0.15, 0.2) is 36.4 Å². The van der Waals surface area contributed by atoms with Crippen molar-refractivity contribution in [2.45, 2.75) is 25.6 Å². The third kappa shape index (κ3) is 2.85. The van der Waals surface area contributed by atoms with E-state index in [-0.39, 0.29) is 18.5 Å². The van der Waals surface area contributed by atoms with Crippen molar-refractivity contribution in [3.63, 3.8) is 0 Å². The number of benzene rings is 2. The zero-order valence-corrected chi connectivity index (χ0v) is 11.8. The first-order chi connectivity index (χ1) is 10.2. The third-order valence-corrected chi connectivity index (χ3v) is 3.82. The van der Waals surface area contributed by atoms with Crippen LogP contribution >= 0.6 is 0 Å². The summed E-state index contributed by atoms with van der Waals surface area (Å²) in [5.41, 5.74) is 2.56. The normalized spacial score (nSPS) is 16.6. The standard InChI is InChI=1S/C17H17FO3/c1-20-13-4-2-12(16(18)9-13)10-21-14-5-6-15-11(8-14)3-7-17(15)19/h2,4-6,8-9,17,19H,3,7,10H2,1H3/t17-/m0/s1. The molecule has 4 heteroatoms. The molecule has 1 aliphatic carbocycles. The van der Waals surface area contributed by atoms with Crippen LogP contribution in [0.3, 0.4) is 0 Å². The summed E-state index contributed by atoms with van der Waals surface area (Å²) in [6.07, 6.45) is 1.24. The average Bonchev–Trinajstić information content (AvgIpc) is 2.87. The minimum atomic E-state index is -0.368. The Kier molecular flexibility index (Phi) is 3.80. The highest BCUT2D eigenvalue weighted by Gasteiger charge is 2.20. The minimum Gasteiger partial charge on any atom is -0.497 e. The number of hydrogen-bond acceptors (Lipinski definition) is 3. The van der Waals surface area contributed by atoms with Crippen LogP contribution in [0.2, 0.25) is 0 Å². The Labute approximate surface area is 122 Å². The van der Waals surface area contributed by atoms with Gasteiger partial charge in [-0.25, -0.2) is 4.39 Å². The van der Waals surface area contributed by atoms with Gasteiger partial charge < -0.3 is 14.6 Å². The molecule has 110 valence electrons. The summed E-state index contributed by atoms with van der Waals surface area (Å²) in [7, 11) is 1.50. The molecule has 0 saturated carbocycles. The maximum absolute atomic E-state index is 13.8. The number of hydrogen-bond donors (Lipinski definition) is 1. The highest BCUT2D eigenvalue weighted by molar-refractivity contribution is 5.40. The van der Waals surface area contributed by atoms with Crippen molar-refractivity contribution >= 4 is 0 Å². The van der Waals surface area contributed by atoms with Gasteiger partial charge in [0.2, 0.25) is 0 Å². The van der Waals surface area contributed by atoms with Gasteiger partial charge in [0.25, 0.3) is 0 Å². The van der Waals surface area contributed by atoms with Gasteiger partial charge in [0.1, 0.15) is 23.9 Å². The SMILES string of the molecule is COc1ccc(COc2ccc3c(c2)CC[C@@H]3O)c(F)c1. The molecule has 0 unspecified atom stereocenters. The van der Waals surface area contributed by atoms with Gasteiger partial charge in [0.15, 0.2) is 0 Å². The molecule has 0 aromatic heterocycles. The number of methoxy groups -OCH3 is 1. The number of aliphatic hydroxyl groups excluding tert-OH is 1. The molecule has 1 atom stereocenters. The van der Waals surface area contributed by atoms with Crippen LogP contribution in [0, 0.1) is 5.82 Å². The van der Waals surface area contributed by atoms with Gasteiger partial charge in [0.05, 0.1) is 13.2 Å². The number of halogens is 1. The molecule has 0 fully saturated rings. The van der Waals surface area contributed by atoms with Crippen molar-refractivity contribution in [3.05, 3.63) is 58.9 Å². The molecule has 21 heavy (non-hydrogen) atoms. The highest BCUT2D eigenvalue weighted by atomic mass is 19.1. The molecule has 1 aliphatic rings. The van der Waals surface area contributed by atoms with Crippen LogP contribution in [0.25, 0.3) is 0 Å². The van der Waals surface area contributed by atoms with Gasteiger partial charge in [-0.15, -0.1) is 0 Å². The van der Waals surface area contributed by atoms with Gasteiger partial charge in [-0.05, 0) is 48.2 Å². The van der Waals surface area contributed by atoms with Crippen molar-refractivity contribution in [2.75, 3.05) is 7.11 Å². The summed E-state index contributed by atoms with van der Waals surface area (Å²) >= 11 is 0. The van der Waals surface area contributed by atoms with Crippen molar-refractivity contribution in [2.24, 2.45) is 0 Å². The molecular weight excluding hydrogens is 271 g/mol. The summed E-state index contributed by atoms with van der Waals surface area (Å²) in [6, 6.07) is 10.3. The van der Waals surface area contributed by atoms with E-state index in [1.807, 2.05) is 18.2 Å². The monoisotopic (exact) mass is 288 g/mol. The van der Waals surface area contributed by atoms with E-state index in [0.717, 1.165) is 24.0 Å². The number of aliphatic hydroxyl groups is 1. The smallest absolute Gasteiger partial charge is 0.133 e. The molecule has 3 nitrogen and oxygen atoms in total. The summed E-state index contributed by atoms with van der Waals surface area (Å²) in [4.78, 5) is 0. The summed E-state index contributed by atoms with van der Waals surface area (Å²) in [6.45, 7) is 0.164. The highest BCUT2D eigenvalue weighted by Crippen LogP contribution is 2.33. The Morgan fingerprint density at radius 3 is 2.76 bits per heavy atom. The molecule has 0 amide bonds. The van der Waals surface area contributed by atoms with Gasteiger partial charge in [-0.2, -0.15) is 0 Å². The van der Waals surface area contributed by atoms with E-state index in [1.165, 1.54) is 13.2 Å². The lowest BCUT2D eigenvalue weighted by molar-refractivity contribution is 0.180. The van der Waals surface area contributed by atoms with Crippen molar-refractivity contribution in [1.29, 1.82) is 0 Å². The number of aryl methyl sites for hydroxylation is 1. The molecule has 3 rings (SSSR count). The number of rotatable bonds is 4. The van der Waals surface area contributed by atoms with Crippen LogP contribution in [0.4, 0.5) is 4.39 Å². The molecule has 0 aliphatic heterocycles. The van der Waals surface area contributed by atoms with E-state index in [9.17, 15) is 9.50 Å². The molecule has 2 aromatic carbocycles. The number of ether oxygens (including phenoxy) is 2. The summed E-state index contributed by atoms with van der Waals surface area (Å²) in [5, 5.41) is 9.76. The van der Waals surface area contributed by atoms with E-state index in [4.69, 9.17) is 9.47 Å². The van der Waals surface area contributed by atoms with Gasteiger partial charge in [0, 0.05) is 11.6 Å². The van der Waals surface area contributed by atoms with Gasteiger partial charge in [-0.3, -0.25) is 0 Å². The lowest BCUT2D eigenvalue weighted by Crippen LogP contribution is -2.00. The Balaban J connectivity index is 1.71. The van der Waals surface area contributed by atoms with Crippen LogP contribution in [0.1, 0.15) is 29.2 Å². The summed E-state index contributed by atoms with van der Waals surface area (Å²) in [5.74, 6) is 0.840. The Morgan fingerprint density at radius 2 is 2.00 bits per heavy atom. The fourth-order valence-electron chi connectivity index (χ4n) is 2.59. The molecule has 0 radical (unpaired) electrons. The number of fused-ring (bicyclic) bond motifs is 1. The molecule has 0 saturated heterocycles. The summed E-state index contributed by atoms with van der Waals surface area (Å²) < 4.78 is 24.4. The second-order valence-electron chi connectivity index (χ2n) is 5.16. The van der Waals surface area contributed by atoms with Crippen LogP contribution in [-0.2, 0) is 13.0 Å². The Morgan fingerprint density at radius 1 is 1.19 bits per heavy atom. The first kappa shape index (κ1) is 13.9. The van der Waals surface area contributed by atoms with E-state index in [1.54, 1.807) is 12.1 Å².